The lowest BCUT2D eigenvalue weighted by Gasteiger charge is -1.96. The third-order valence-electron chi connectivity index (χ3n) is 1.81. The molecule has 0 fully saturated rings. The average Bonchev–Trinajstić information content (AvgIpc) is 2.39. The Morgan fingerprint density at radius 3 is 2.92 bits per heavy atom. The highest BCUT2D eigenvalue weighted by Gasteiger charge is 2.05. The van der Waals surface area contributed by atoms with Crippen molar-refractivity contribution >= 4 is 27.1 Å². The monoisotopic (exact) mass is 181 g/mol. The average molecular weight is 181 g/mol. The summed E-state index contributed by atoms with van der Waals surface area (Å²) in [5.41, 5.74) is 5.82. The maximum Gasteiger partial charge on any atom is 0.146 e. The first-order valence-electron chi connectivity index (χ1n) is 3.62. The van der Waals surface area contributed by atoms with E-state index in [4.69, 9.17) is 5.73 Å². The van der Waals surface area contributed by atoms with Crippen molar-refractivity contribution in [2.45, 2.75) is 6.92 Å². The topological polar surface area (TPSA) is 26.0 Å². The minimum Gasteiger partial charge on any atom is -0.396 e. The molecule has 0 radical (unpaired) electrons. The molecule has 1 aromatic carbocycles. The van der Waals surface area contributed by atoms with Crippen molar-refractivity contribution < 1.29 is 4.39 Å². The summed E-state index contributed by atoms with van der Waals surface area (Å²) in [6.07, 6.45) is 0. The quantitative estimate of drug-likeness (QED) is 0.621. The summed E-state index contributed by atoms with van der Waals surface area (Å²) in [7, 11) is 0. The fourth-order valence-electron chi connectivity index (χ4n) is 1.23. The molecule has 0 amide bonds. The van der Waals surface area contributed by atoms with Crippen LogP contribution in [0.4, 0.5) is 10.1 Å². The van der Waals surface area contributed by atoms with Crippen molar-refractivity contribution in [3.05, 3.63) is 28.9 Å². The molecule has 0 aliphatic heterocycles. The maximum atomic E-state index is 12.9. The van der Waals surface area contributed by atoms with Crippen LogP contribution in [0.2, 0.25) is 0 Å². The van der Waals surface area contributed by atoms with Crippen molar-refractivity contribution in [1.29, 1.82) is 0 Å². The van der Waals surface area contributed by atoms with Gasteiger partial charge in [0, 0.05) is 15.0 Å². The minimum atomic E-state index is -0.333. The first-order valence-corrected chi connectivity index (χ1v) is 4.44. The number of nitrogen functional groups attached to an aromatic ring is 1. The van der Waals surface area contributed by atoms with Gasteiger partial charge in [-0.3, -0.25) is 0 Å². The van der Waals surface area contributed by atoms with Gasteiger partial charge in [-0.15, -0.1) is 11.3 Å². The summed E-state index contributed by atoms with van der Waals surface area (Å²) in [4.78, 5) is 1.15. The molecule has 0 saturated carbocycles. The number of hydrogen-bond acceptors (Lipinski definition) is 2. The lowest BCUT2D eigenvalue weighted by atomic mass is 10.2. The zero-order valence-electron chi connectivity index (χ0n) is 6.60. The van der Waals surface area contributed by atoms with Crippen LogP contribution in [-0.4, -0.2) is 0 Å². The summed E-state index contributed by atoms with van der Waals surface area (Å²) >= 11 is 1.63. The molecule has 2 N–H and O–H groups in total. The first kappa shape index (κ1) is 7.55. The van der Waals surface area contributed by atoms with Gasteiger partial charge in [0.1, 0.15) is 5.82 Å². The highest BCUT2D eigenvalue weighted by atomic mass is 32.1. The van der Waals surface area contributed by atoms with Gasteiger partial charge in [-0.1, -0.05) is 0 Å². The lowest BCUT2D eigenvalue weighted by Crippen LogP contribution is -1.89. The Morgan fingerprint density at radius 1 is 1.42 bits per heavy atom. The van der Waals surface area contributed by atoms with Gasteiger partial charge in [-0.25, -0.2) is 4.39 Å². The van der Waals surface area contributed by atoms with Gasteiger partial charge in [-0.2, -0.15) is 0 Å². The normalized spacial score (nSPS) is 10.8. The molecule has 0 unspecified atom stereocenters. The van der Waals surface area contributed by atoms with Crippen LogP contribution in [0.25, 0.3) is 10.1 Å². The Kier molecular flexibility index (Phi) is 1.54. The van der Waals surface area contributed by atoms with Crippen molar-refractivity contribution in [2.75, 3.05) is 5.73 Å². The van der Waals surface area contributed by atoms with Crippen LogP contribution in [0.5, 0.6) is 0 Å². The molecule has 0 bridgehead atoms. The molecular weight excluding hydrogens is 173 g/mol. The van der Waals surface area contributed by atoms with Gasteiger partial charge in [0.25, 0.3) is 0 Å². The Labute approximate surface area is 73.6 Å². The number of halogens is 1. The fourth-order valence-corrected chi connectivity index (χ4v) is 2.17. The molecule has 62 valence electrons. The molecule has 2 aromatic rings. The van der Waals surface area contributed by atoms with E-state index in [0.717, 1.165) is 15.0 Å². The number of hydrogen-bond donors (Lipinski definition) is 1. The van der Waals surface area contributed by atoms with Crippen LogP contribution >= 0.6 is 11.3 Å². The molecule has 0 spiro atoms. The van der Waals surface area contributed by atoms with E-state index in [0.29, 0.717) is 0 Å². The predicted octanol–water partition coefficient (Wildman–Crippen LogP) is 2.93. The summed E-state index contributed by atoms with van der Waals surface area (Å²) in [6.45, 7) is 1.99. The zero-order chi connectivity index (χ0) is 8.72. The van der Waals surface area contributed by atoms with E-state index in [-0.39, 0.29) is 11.5 Å². The molecule has 1 nitrogen and oxygen atoms in total. The van der Waals surface area contributed by atoms with Crippen molar-refractivity contribution in [3.63, 3.8) is 0 Å². The van der Waals surface area contributed by atoms with Crippen molar-refractivity contribution in [3.8, 4) is 0 Å². The summed E-state index contributed by atoms with van der Waals surface area (Å²) < 4.78 is 14.0. The molecule has 0 atom stereocenters. The van der Waals surface area contributed by atoms with E-state index in [1.54, 1.807) is 17.4 Å². The summed E-state index contributed by atoms with van der Waals surface area (Å²) in [5.74, 6) is -0.333. The predicted molar refractivity (Wildman–Crippen MR) is 50.9 cm³/mol. The largest absolute Gasteiger partial charge is 0.396 e. The summed E-state index contributed by atoms with van der Waals surface area (Å²) in [6, 6.07) is 5.09. The number of fused-ring (bicyclic) bond motifs is 1. The van der Waals surface area contributed by atoms with Gasteiger partial charge >= 0.3 is 0 Å². The van der Waals surface area contributed by atoms with Gasteiger partial charge in [0.2, 0.25) is 0 Å². The zero-order valence-corrected chi connectivity index (χ0v) is 7.41. The Bertz CT molecular complexity index is 433. The number of aryl methyl sites for hydroxylation is 1. The molecule has 2 rings (SSSR count). The Hall–Kier alpha value is -1.09. The van der Waals surface area contributed by atoms with Crippen LogP contribution in [0.15, 0.2) is 18.2 Å². The SMILES string of the molecule is Cc1cc2c(N)c(F)ccc2s1. The van der Waals surface area contributed by atoms with Gasteiger partial charge < -0.3 is 5.73 Å². The van der Waals surface area contributed by atoms with E-state index in [2.05, 4.69) is 0 Å². The van der Waals surface area contributed by atoms with Crippen molar-refractivity contribution in [2.24, 2.45) is 0 Å². The number of benzene rings is 1. The molecule has 12 heavy (non-hydrogen) atoms. The number of thiophene rings is 1. The van der Waals surface area contributed by atoms with Gasteiger partial charge in [0.15, 0.2) is 0 Å². The molecule has 0 saturated heterocycles. The second kappa shape index (κ2) is 2.45. The van der Waals surface area contributed by atoms with E-state index >= 15 is 0 Å². The van der Waals surface area contributed by atoms with Crippen molar-refractivity contribution in [1.82, 2.24) is 0 Å². The second-order valence-corrected chi connectivity index (χ2v) is 4.02. The Balaban J connectivity index is 2.89. The van der Waals surface area contributed by atoms with Gasteiger partial charge in [0.05, 0.1) is 5.69 Å². The second-order valence-electron chi connectivity index (χ2n) is 2.73. The standard InChI is InChI=1S/C9H8FNS/c1-5-4-6-8(12-5)3-2-7(10)9(6)11/h2-4H,11H2,1H3. The molecular formula is C9H8FNS. The molecule has 0 aliphatic carbocycles. The third kappa shape index (κ3) is 0.975. The third-order valence-corrected chi connectivity index (χ3v) is 2.83. The number of anilines is 1. The molecule has 3 heteroatoms. The van der Waals surface area contributed by atoms with E-state index in [1.165, 1.54) is 6.07 Å². The smallest absolute Gasteiger partial charge is 0.146 e. The maximum absolute atomic E-state index is 12.9. The van der Waals surface area contributed by atoms with Crippen LogP contribution < -0.4 is 5.73 Å². The van der Waals surface area contributed by atoms with Crippen LogP contribution in [0, 0.1) is 12.7 Å². The number of nitrogens with two attached hydrogens (primary N) is 1. The van der Waals surface area contributed by atoms with Gasteiger partial charge in [-0.05, 0) is 25.1 Å². The van der Waals surface area contributed by atoms with Crippen LogP contribution in [0.1, 0.15) is 4.88 Å². The molecule has 1 heterocycles. The highest BCUT2D eigenvalue weighted by Crippen LogP contribution is 2.30. The minimum absolute atomic E-state index is 0.261. The highest BCUT2D eigenvalue weighted by molar-refractivity contribution is 7.19. The molecule has 0 aliphatic rings. The molecule has 1 aromatic heterocycles. The van der Waals surface area contributed by atoms with E-state index in [1.807, 2.05) is 13.0 Å². The van der Waals surface area contributed by atoms with Crippen LogP contribution in [0.3, 0.4) is 0 Å². The number of rotatable bonds is 0. The Morgan fingerprint density at radius 2 is 2.17 bits per heavy atom. The van der Waals surface area contributed by atoms with E-state index < -0.39 is 0 Å². The lowest BCUT2D eigenvalue weighted by molar-refractivity contribution is 0.634. The van der Waals surface area contributed by atoms with Crippen LogP contribution in [-0.2, 0) is 0 Å². The first-order chi connectivity index (χ1) is 5.68. The fraction of sp³-hybridized carbons (Fsp3) is 0.111. The van der Waals surface area contributed by atoms with E-state index in [9.17, 15) is 4.39 Å². The summed E-state index contributed by atoms with van der Waals surface area (Å²) in [5, 5.41) is 0.831.